The molecule has 3 aromatic rings. The molecule has 0 radical (unpaired) electrons. The summed E-state index contributed by atoms with van der Waals surface area (Å²) in [5, 5.41) is 10.1. The van der Waals surface area contributed by atoms with Crippen molar-refractivity contribution < 1.29 is 14.7 Å². The minimum atomic E-state index is -1.11. The second kappa shape index (κ2) is 8.60. The molecule has 1 heterocycles. The Morgan fingerprint density at radius 3 is 2.03 bits per heavy atom. The molecular formula is C25H25N3O3. The van der Waals surface area contributed by atoms with Gasteiger partial charge in [-0.2, -0.15) is 0 Å². The minimum Gasteiger partial charge on any atom is -0.465 e. The molecule has 6 nitrogen and oxygen atoms in total. The van der Waals surface area contributed by atoms with E-state index in [0.29, 0.717) is 5.69 Å². The van der Waals surface area contributed by atoms with E-state index in [4.69, 9.17) is 0 Å². The van der Waals surface area contributed by atoms with Crippen LogP contribution in [0.4, 0.5) is 4.79 Å². The second-order valence-electron chi connectivity index (χ2n) is 7.94. The quantitative estimate of drug-likeness (QED) is 0.663. The number of carboxylic acid groups (broad SMARTS) is 1. The number of aromatic nitrogens is 1. The van der Waals surface area contributed by atoms with Gasteiger partial charge in [0.15, 0.2) is 0 Å². The first-order chi connectivity index (χ1) is 15.0. The standard InChI is InChI=1S/C25H25N3O3/c1-27(2)24(29)23(15-17-9-7-8-14-26-17)28(25(30)31)16-22-20-12-5-3-10-18(20)19-11-4-6-13-21(19)22/h3-14,22-23H,15-16H2,1-2H3,(H,30,31)/t23-/m0/s1. The molecule has 1 N–H and O–H groups in total. The lowest BCUT2D eigenvalue weighted by molar-refractivity contribution is -0.133. The summed E-state index contributed by atoms with van der Waals surface area (Å²) in [5.41, 5.74) is 5.09. The van der Waals surface area contributed by atoms with E-state index in [0.717, 1.165) is 22.3 Å². The summed E-state index contributed by atoms with van der Waals surface area (Å²) < 4.78 is 0. The van der Waals surface area contributed by atoms with E-state index in [9.17, 15) is 14.7 Å². The van der Waals surface area contributed by atoms with Crippen molar-refractivity contribution in [1.29, 1.82) is 0 Å². The maximum absolute atomic E-state index is 13.1. The van der Waals surface area contributed by atoms with Crippen LogP contribution in [0, 0.1) is 0 Å². The number of hydrogen-bond acceptors (Lipinski definition) is 3. The fraction of sp³-hybridized carbons (Fsp3) is 0.240. The molecule has 2 amide bonds. The number of likely N-dealkylation sites (N-methyl/N-ethyl adjacent to an activating group) is 1. The van der Waals surface area contributed by atoms with E-state index in [1.807, 2.05) is 48.5 Å². The van der Waals surface area contributed by atoms with Crippen LogP contribution in [0.3, 0.4) is 0 Å². The van der Waals surface area contributed by atoms with Gasteiger partial charge >= 0.3 is 6.09 Å². The highest BCUT2D eigenvalue weighted by Crippen LogP contribution is 2.45. The Bertz CT molecular complexity index is 1050. The lowest BCUT2D eigenvalue weighted by atomic mass is 9.95. The van der Waals surface area contributed by atoms with Crippen molar-refractivity contribution >= 4 is 12.0 Å². The van der Waals surface area contributed by atoms with Gasteiger partial charge in [0.25, 0.3) is 0 Å². The molecule has 0 saturated heterocycles. The number of amides is 2. The van der Waals surface area contributed by atoms with Crippen LogP contribution in [0.1, 0.15) is 22.7 Å². The number of carbonyl (C=O) groups excluding carboxylic acids is 1. The summed E-state index contributed by atoms with van der Waals surface area (Å²) in [4.78, 5) is 32.5. The van der Waals surface area contributed by atoms with Gasteiger partial charge in [-0.05, 0) is 34.4 Å². The van der Waals surface area contributed by atoms with Crippen molar-refractivity contribution in [2.75, 3.05) is 20.6 Å². The second-order valence-corrected chi connectivity index (χ2v) is 7.94. The molecule has 0 spiro atoms. The van der Waals surface area contributed by atoms with Gasteiger partial charge in [0.1, 0.15) is 6.04 Å². The van der Waals surface area contributed by atoms with Crippen molar-refractivity contribution in [3.05, 3.63) is 89.7 Å². The van der Waals surface area contributed by atoms with Crippen LogP contribution in [0.2, 0.25) is 0 Å². The fourth-order valence-corrected chi connectivity index (χ4v) is 4.34. The summed E-state index contributed by atoms with van der Waals surface area (Å²) in [7, 11) is 3.29. The van der Waals surface area contributed by atoms with E-state index in [1.165, 1.54) is 9.80 Å². The number of benzene rings is 2. The van der Waals surface area contributed by atoms with Gasteiger partial charge in [0.05, 0.1) is 0 Å². The summed E-state index contributed by atoms with van der Waals surface area (Å²) in [6, 6.07) is 20.7. The Morgan fingerprint density at radius 2 is 1.52 bits per heavy atom. The molecule has 0 saturated carbocycles. The largest absolute Gasteiger partial charge is 0.465 e. The van der Waals surface area contributed by atoms with Crippen molar-refractivity contribution in [1.82, 2.24) is 14.8 Å². The topological polar surface area (TPSA) is 73.7 Å². The average Bonchev–Trinajstić information content (AvgIpc) is 3.10. The van der Waals surface area contributed by atoms with Gasteiger partial charge in [-0.15, -0.1) is 0 Å². The summed E-state index contributed by atoms with van der Waals surface area (Å²) in [5.74, 6) is -0.391. The highest BCUT2D eigenvalue weighted by molar-refractivity contribution is 5.86. The summed E-state index contributed by atoms with van der Waals surface area (Å²) in [6.45, 7) is 0.195. The third-order valence-corrected chi connectivity index (χ3v) is 5.82. The molecular weight excluding hydrogens is 390 g/mol. The molecule has 2 aromatic carbocycles. The van der Waals surface area contributed by atoms with E-state index < -0.39 is 12.1 Å². The molecule has 6 heteroatoms. The van der Waals surface area contributed by atoms with Gasteiger partial charge < -0.3 is 10.0 Å². The Labute approximate surface area is 181 Å². The number of hydrogen-bond donors (Lipinski definition) is 1. The zero-order valence-corrected chi connectivity index (χ0v) is 17.6. The van der Waals surface area contributed by atoms with Gasteiger partial charge in [-0.3, -0.25) is 14.7 Å². The molecule has 1 aliphatic rings. The maximum Gasteiger partial charge on any atom is 0.408 e. The zero-order chi connectivity index (χ0) is 22.0. The first-order valence-corrected chi connectivity index (χ1v) is 10.3. The molecule has 1 aromatic heterocycles. The van der Waals surface area contributed by atoms with E-state index >= 15 is 0 Å². The monoisotopic (exact) mass is 415 g/mol. The molecule has 0 unspecified atom stereocenters. The molecule has 31 heavy (non-hydrogen) atoms. The third-order valence-electron chi connectivity index (χ3n) is 5.82. The predicted octanol–water partition coefficient (Wildman–Crippen LogP) is 3.87. The Balaban J connectivity index is 1.72. The van der Waals surface area contributed by atoms with Gasteiger partial charge in [0.2, 0.25) is 5.91 Å². The van der Waals surface area contributed by atoms with Crippen LogP contribution in [0.25, 0.3) is 11.1 Å². The minimum absolute atomic E-state index is 0.135. The Hall–Kier alpha value is -3.67. The van der Waals surface area contributed by atoms with Crippen LogP contribution in [0.5, 0.6) is 0 Å². The van der Waals surface area contributed by atoms with E-state index in [1.54, 1.807) is 26.4 Å². The van der Waals surface area contributed by atoms with Crippen LogP contribution < -0.4 is 0 Å². The highest BCUT2D eigenvalue weighted by atomic mass is 16.4. The maximum atomic E-state index is 13.1. The lowest BCUT2D eigenvalue weighted by Gasteiger charge is -2.32. The predicted molar refractivity (Wildman–Crippen MR) is 119 cm³/mol. The van der Waals surface area contributed by atoms with Gasteiger partial charge in [-0.25, -0.2) is 4.79 Å². The summed E-state index contributed by atoms with van der Waals surface area (Å²) >= 11 is 0. The van der Waals surface area contributed by atoms with Crippen LogP contribution in [0.15, 0.2) is 72.9 Å². The van der Waals surface area contributed by atoms with Crippen molar-refractivity contribution in [2.24, 2.45) is 0 Å². The Kier molecular flexibility index (Phi) is 5.71. The third kappa shape index (κ3) is 4.01. The molecule has 1 aliphatic carbocycles. The highest BCUT2D eigenvalue weighted by Gasteiger charge is 2.37. The van der Waals surface area contributed by atoms with Crippen LogP contribution >= 0.6 is 0 Å². The van der Waals surface area contributed by atoms with E-state index in [2.05, 4.69) is 17.1 Å². The van der Waals surface area contributed by atoms with Gasteiger partial charge in [0, 0.05) is 44.9 Å². The van der Waals surface area contributed by atoms with Crippen molar-refractivity contribution in [3.8, 4) is 11.1 Å². The molecule has 0 bridgehead atoms. The van der Waals surface area contributed by atoms with Crippen LogP contribution in [-0.4, -0.2) is 58.6 Å². The van der Waals surface area contributed by atoms with Gasteiger partial charge in [-0.1, -0.05) is 54.6 Å². The van der Waals surface area contributed by atoms with Crippen LogP contribution in [-0.2, 0) is 11.2 Å². The van der Waals surface area contributed by atoms with E-state index in [-0.39, 0.29) is 24.8 Å². The molecule has 0 fully saturated rings. The number of fused-ring (bicyclic) bond motifs is 3. The normalized spacial score (nSPS) is 13.2. The molecule has 1 atom stereocenters. The number of nitrogens with zero attached hydrogens (tertiary/aromatic N) is 3. The number of carbonyl (C=O) groups is 2. The molecule has 158 valence electrons. The lowest BCUT2D eigenvalue weighted by Crippen LogP contribution is -2.51. The Morgan fingerprint density at radius 1 is 0.935 bits per heavy atom. The number of pyridine rings is 1. The SMILES string of the molecule is CN(C)C(=O)[C@H](Cc1ccccn1)N(CC1c2ccccc2-c2ccccc21)C(=O)O. The first-order valence-electron chi connectivity index (χ1n) is 10.3. The smallest absolute Gasteiger partial charge is 0.408 e. The number of rotatable bonds is 6. The first kappa shape index (κ1) is 20.6. The fourth-order valence-electron chi connectivity index (χ4n) is 4.34. The summed E-state index contributed by atoms with van der Waals surface area (Å²) in [6.07, 6.45) is 0.763. The zero-order valence-electron chi connectivity index (χ0n) is 17.6. The van der Waals surface area contributed by atoms with Crippen molar-refractivity contribution in [2.45, 2.75) is 18.4 Å². The van der Waals surface area contributed by atoms with Crippen molar-refractivity contribution in [3.63, 3.8) is 0 Å². The molecule has 0 aliphatic heterocycles. The average molecular weight is 415 g/mol. The molecule has 4 rings (SSSR count).